The van der Waals surface area contributed by atoms with Gasteiger partial charge in [-0.3, -0.25) is 0 Å². The molecule has 3 N–H and O–H groups in total. The molecule has 0 heterocycles. The summed E-state index contributed by atoms with van der Waals surface area (Å²) in [5.41, 5.74) is 6.57. The van der Waals surface area contributed by atoms with Crippen molar-refractivity contribution in [2.75, 3.05) is 0 Å². The number of oxime groups is 1. The summed E-state index contributed by atoms with van der Waals surface area (Å²) in [4.78, 5) is 0. The van der Waals surface area contributed by atoms with Crippen LogP contribution in [-0.4, -0.2) is 11.0 Å². The largest absolute Gasteiger partial charge is 0.409 e. The Labute approximate surface area is 75.7 Å². The Morgan fingerprint density at radius 3 is 2.92 bits per heavy atom. The van der Waals surface area contributed by atoms with E-state index in [1.807, 2.05) is 0 Å². The molecule has 3 nitrogen and oxygen atoms in total. The number of rotatable bonds is 2. The van der Waals surface area contributed by atoms with Gasteiger partial charge in [0, 0.05) is 6.42 Å². The Kier molecular flexibility index (Phi) is 2.84. The lowest BCUT2D eigenvalue weighted by molar-refractivity contribution is 0.317. The van der Waals surface area contributed by atoms with E-state index >= 15 is 0 Å². The van der Waals surface area contributed by atoms with Gasteiger partial charge in [-0.2, -0.15) is 0 Å². The van der Waals surface area contributed by atoms with Gasteiger partial charge in [0.15, 0.2) is 0 Å². The van der Waals surface area contributed by atoms with Gasteiger partial charge in [0.25, 0.3) is 0 Å². The van der Waals surface area contributed by atoms with Crippen LogP contribution in [0.2, 0.25) is 0 Å². The molecule has 13 heavy (non-hydrogen) atoms. The van der Waals surface area contributed by atoms with Crippen LogP contribution in [0.3, 0.4) is 0 Å². The number of amidine groups is 1. The quantitative estimate of drug-likeness (QED) is 0.314. The predicted molar refractivity (Wildman–Crippen MR) is 48.2 cm³/mol. The van der Waals surface area contributed by atoms with Crippen molar-refractivity contribution < 1.29 is 9.60 Å². The lowest BCUT2D eigenvalue weighted by Crippen LogP contribution is -2.15. The highest BCUT2D eigenvalue weighted by atomic mass is 19.1. The highest BCUT2D eigenvalue weighted by Crippen LogP contribution is 2.12. The predicted octanol–water partition coefficient (Wildman–Crippen LogP) is 1.42. The normalized spacial score (nSPS) is 11.7. The second kappa shape index (κ2) is 3.89. The summed E-state index contributed by atoms with van der Waals surface area (Å²) >= 11 is 0. The van der Waals surface area contributed by atoms with E-state index in [2.05, 4.69) is 5.16 Å². The molecule has 1 rings (SSSR count). The molecule has 0 amide bonds. The second-order valence-corrected chi connectivity index (χ2v) is 2.79. The highest BCUT2D eigenvalue weighted by molar-refractivity contribution is 5.82. The van der Waals surface area contributed by atoms with Crippen molar-refractivity contribution in [1.29, 1.82) is 0 Å². The van der Waals surface area contributed by atoms with E-state index in [9.17, 15) is 4.39 Å². The van der Waals surface area contributed by atoms with Crippen molar-refractivity contribution >= 4 is 5.84 Å². The highest BCUT2D eigenvalue weighted by Gasteiger charge is 2.04. The SMILES string of the molecule is Cc1c(F)cccc1C/C(N)=N/O. The minimum atomic E-state index is -0.275. The molecule has 70 valence electrons. The molecule has 0 spiro atoms. The lowest BCUT2D eigenvalue weighted by atomic mass is 10.1. The van der Waals surface area contributed by atoms with Gasteiger partial charge < -0.3 is 10.9 Å². The maximum atomic E-state index is 13.0. The van der Waals surface area contributed by atoms with Gasteiger partial charge in [0.2, 0.25) is 0 Å². The van der Waals surface area contributed by atoms with Gasteiger partial charge in [-0.15, -0.1) is 0 Å². The maximum Gasteiger partial charge on any atom is 0.143 e. The topological polar surface area (TPSA) is 58.6 Å². The zero-order valence-electron chi connectivity index (χ0n) is 7.29. The van der Waals surface area contributed by atoms with Crippen LogP contribution >= 0.6 is 0 Å². The van der Waals surface area contributed by atoms with E-state index in [4.69, 9.17) is 10.9 Å². The average molecular weight is 182 g/mol. The molecule has 0 atom stereocenters. The smallest absolute Gasteiger partial charge is 0.143 e. The van der Waals surface area contributed by atoms with Crippen molar-refractivity contribution in [2.45, 2.75) is 13.3 Å². The van der Waals surface area contributed by atoms with Gasteiger partial charge in [-0.1, -0.05) is 17.3 Å². The molecule has 0 radical (unpaired) electrons. The first-order valence-electron chi connectivity index (χ1n) is 3.85. The molecule has 0 aliphatic heterocycles. The summed E-state index contributed by atoms with van der Waals surface area (Å²) in [6, 6.07) is 4.73. The fourth-order valence-corrected chi connectivity index (χ4v) is 1.07. The Morgan fingerprint density at radius 2 is 2.31 bits per heavy atom. The number of hydrogen-bond donors (Lipinski definition) is 2. The van der Waals surface area contributed by atoms with E-state index in [0.717, 1.165) is 5.56 Å². The van der Waals surface area contributed by atoms with Crippen LogP contribution in [0.5, 0.6) is 0 Å². The average Bonchev–Trinajstić information content (AvgIpc) is 2.13. The molecule has 0 aromatic heterocycles. The van der Waals surface area contributed by atoms with Gasteiger partial charge in [-0.05, 0) is 24.1 Å². The molecular formula is C9H11FN2O. The monoisotopic (exact) mass is 182 g/mol. The van der Waals surface area contributed by atoms with Gasteiger partial charge >= 0.3 is 0 Å². The minimum Gasteiger partial charge on any atom is -0.409 e. The summed E-state index contributed by atoms with van der Waals surface area (Å²) in [6.07, 6.45) is 0.264. The molecule has 0 saturated carbocycles. The van der Waals surface area contributed by atoms with E-state index < -0.39 is 0 Å². The second-order valence-electron chi connectivity index (χ2n) is 2.79. The third-order valence-electron chi connectivity index (χ3n) is 1.88. The van der Waals surface area contributed by atoms with Crippen LogP contribution in [0.4, 0.5) is 4.39 Å². The number of hydrogen-bond acceptors (Lipinski definition) is 2. The number of nitrogens with two attached hydrogens (primary N) is 1. The van der Waals surface area contributed by atoms with Crippen LogP contribution in [-0.2, 0) is 6.42 Å². The van der Waals surface area contributed by atoms with E-state index in [-0.39, 0.29) is 18.1 Å². The molecule has 0 aliphatic carbocycles. The molecule has 0 saturated heterocycles. The van der Waals surface area contributed by atoms with E-state index in [0.29, 0.717) is 5.56 Å². The minimum absolute atomic E-state index is 0.0775. The van der Waals surface area contributed by atoms with Crippen LogP contribution in [0.1, 0.15) is 11.1 Å². The van der Waals surface area contributed by atoms with Crippen molar-refractivity contribution in [3.8, 4) is 0 Å². The van der Waals surface area contributed by atoms with Crippen molar-refractivity contribution in [3.05, 3.63) is 35.1 Å². The molecular weight excluding hydrogens is 171 g/mol. The first-order chi connectivity index (χ1) is 6.15. The first kappa shape index (κ1) is 9.51. The fraction of sp³-hybridized carbons (Fsp3) is 0.222. The van der Waals surface area contributed by atoms with E-state index in [1.165, 1.54) is 6.07 Å². The molecule has 4 heteroatoms. The van der Waals surface area contributed by atoms with Crippen molar-refractivity contribution in [1.82, 2.24) is 0 Å². The molecule has 0 unspecified atom stereocenters. The van der Waals surface area contributed by atoms with E-state index in [1.54, 1.807) is 19.1 Å². The third kappa shape index (κ3) is 2.18. The van der Waals surface area contributed by atoms with Crippen LogP contribution < -0.4 is 5.73 Å². The fourth-order valence-electron chi connectivity index (χ4n) is 1.07. The molecule has 1 aromatic carbocycles. The molecule has 0 fully saturated rings. The molecule has 0 aliphatic rings. The standard InChI is InChI=1S/C9H11FN2O/c1-6-7(5-9(11)12-13)3-2-4-8(6)10/h2-4,13H,5H2,1H3,(H2,11,12). The first-order valence-corrected chi connectivity index (χ1v) is 3.85. The zero-order chi connectivity index (χ0) is 9.84. The summed E-state index contributed by atoms with van der Waals surface area (Å²) in [6.45, 7) is 1.66. The zero-order valence-corrected chi connectivity index (χ0v) is 7.29. The van der Waals surface area contributed by atoms with Crippen LogP contribution in [0.25, 0.3) is 0 Å². The summed E-state index contributed by atoms with van der Waals surface area (Å²) in [5, 5.41) is 11.2. The number of nitrogens with zero attached hydrogens (tertiary/aromatic N) is 1. The Morgan fingerprint density at radius 1 is 1.62 bits per heavy atom. The Bertz CT molecular complexity index is 336. The molecule has 0 bridgehead atoms. The third-order valence-corrected chi connectivity index (χ3v) is 1.88. The summed E-state index contributed by atoms with van der Waals surface area (Å²) in [7, 11) is 0. The molecule has 1 aromatic rings. The van der Waals surface area contributed by atoms with Crippen LogP contribution in [0.15, 0.2) is 23.4 Å². The number of benzene rings is 1. The van der Waals surface area contributed by atoms with Crippen LogP contribution in [0, 0.1) is 12.7 Å². The summed E-state index contributed by atoms with van der Waals surface area (Å²) < 4.78 is 13.0. The van der Waals surface area contributed by atoms with Crippen molar-refractivity contribution in [2.24, 2.45) is 10.9 Å². The van der Waals surface area contributed by atoms with Gasteiger partial charge in [-0.25, -0.2) is 4.39 Å². The Hall–Kier alpha value is -1.58. The van der Waals surface area contributed by atoms with Gasteiger partial charge in [0.05, 0.1) is 0 Å². The Balaban J connectivity index is 2.96. The van der Waals surface area contributed by atoms with Crippen molar-refractivity contribution in [3.63, 3.8) is 0 Å². The summed E-state index contributed by atoms with van der Waals surface area (Å²) in [5.74, 6) is -0.197. The van der Waals surface area contributed by atoms with Gasteiger partial charge in [0.1, 0.15) is 11.7 Å². The maximum absolute atomic E-state index is 13.0. The lowest BCUT2D eigenvalue weighted by Gasteiger charge is -2.04. The number of halogens is 1.